The Balaban J connectivity index is 1.09. The zero-order chi connectivity index (χ0) is 33.3. The highest BCUT2D eigenvalue weighted by Crippen LogP contribution is 2.30. The average Bonchev–Trinajstić information content (AvgIpc) is 3.74. The van der Waals surface area contributed by atoms with Crippen LogP contribution in [0.5, 0.6) is 0 Å². The lowest BCUT2D eigenvalue weighted by molar-refractivity contribution is -0.114. The molecule has 2 aromatic heterocycles. The number of anilines is 2. The summed E-state index contributed by atoms with van der Waals surface area (Å²) in [5, 5.41) is 9.02. The van der Waals surface area contributed by atoms with Gasteiger partial charge >= 0.3 is 0 Å². The highest BCUT2D eigenvalue weighted by molar-refractivity contribution is 8.00. The number of aryl methyl sites for hydroxylation is 1. The number of carbonyl (C=O) groups is 3. The molecule has 0 atom stereocenters. The molecular formula is C38H30N4O4S2. The number of thioether (sulfide) groups is 1. The fraction of sp³-hybridized carbons (Fsp3) is 0.0526. The Labute approximate surface area is 285 Å². The molecule has 0 aliphatic heterocycles. The smallest absolute Gasteiger partial charge is 0.272 e. The van der Waals surface area contributed by atoms with Crippen molar-refractivity contribution < 1.29 is 18.8 Å². The van der Waals surface area contributed by atoms with Crippen LogP contribution in [0.4, 0.5) is 10.8 Å². The van der Waals surface area contributed by atoms with Crippen molar-refractivity contribution in [2.45, 2.75) is 11.8 Å². The third-order valence-electron chi connectivity index (χ3n) is 7.07. The quantitative estimate of drug-likeness (QED) is 0.0941. The number of hydrogen-bond acceptors (Lipinski definition) is 7. The fourth-order valence-corrected chi connectivity index (χ4v) is 6.27. The number of benzene rings is 4. The molecule has 0 radical (unpaired) electrons. The molecule has 238 valence electrons. The van der Waals surface area contributed by atoms with Crippen molar-refractivity contribution >= 4 is 57.7 Å². The molecule has 6 aromatic rings. The standard InChI is InChI=1S/C38H30N4O4S2/c1-25-35(27-13-7-3-8-14-27)42-38(48-25)41-34(43)24-47-31-20-17-29(18-21-31)39-37(45)32(40-36(44)28-15-9-4-10-16-28)23-30-19-22-33(46-30)26-11-5-2-6-12-26/h2-23H,24H2,1H3,(H,39,45)(H,40,44)(H,41,42,43)/b32-23+. The van der Waals surface area contributed by atoms with Gasteiger partial charge in [0.15, 0.2) is 5.13 Å². The van der Waals surface area contributed by atoms with E-state index in [1.807, 2.05) is 91.9 Å². The zero-order valence-corrected chi connectivity index (χ0v) is 27.4. The second kappa shape index (κ2) is 15.3. The molecule has 3 amide bonds. The van der Waals surface area contributed by atoms with Gasteiger partial charge in [-0.05, 0) is 55.5 Å². The summed E-state index contributed by atoms with van der Waals surface area (Å²) < 4.78 is 5.97. The minimum atomic E-state index is -0.523. The van der Waals surface area contributed by atoms with Crippen LogP contribution in [0.2, 0.25) is 0 Å². The first kappa shape index (κ1) is 32.2. The van der Waals surface area contributed by atoms with Gasteiger partial charge in [0.2, 0.25) is 5.91 Å². The van der Waals surface area contributed by atoms with E-state index in [1.54, 1.807) is 42.5 Å². The molecule has 0 saturated carbocycles. The first-order valence-electron chi connectivity index (χ1n) is 15.0. The Morgan fingerprint density at radius 3 is 2.10 bits per heavy atom. The fourth-order valence-electron chi connectivity index (χ4n) is 4.72. The van der Waals surface area contributed by atoms with Gasteiger partial charge in [-0.15, -0.1) is 23.1 Å². The van der Waals surface area contributed by atoms with E-state index in [2.05, 4.69) is 20.9 Å². The largest absolute Gasteiger partial charge is 0.457 e. The van der Waals surface area contributed by atoms with E-state index < -0.39 is 11.8 Å². The molecule has 8 nitrogen and oxygen atoms in total. The van der Waals surface area contributed by atoms with Gasteiger partial charge < -0.3 is 20.4 Å². The summed E-state index contributed by atoms with van der Waals surface area (Å²) in [4.78, 5) is 45.6. The predicted octanol–water partition coefficient (Wildman–Crippen LogP) is 8.52. The van der Waals surface area contributed by atoms with Crippen LogP contribution in [-0.2, 0) is 9.59 Å². The van der Waals surface area contributed by atoms with E-state index in [9.17, 15) is 14.4 Å². The summed E-state index contributed by atoms with van der Waals surface area (Å²) in [5.41, 5.74) is 3.70. The monoisotopic (exact) mass is 670 g/mol. The molecule has 48 heavy (non-hydrogen) atoms. The number of nitrogens with zero attached hydrogens (tertiary/aromatic N) is 1. The van der Waals surface area contributed by atoms with Crippen molar-refractivity contribution in [2.75, 3.05) is 16.4 Å². The number of furan rings is 1. The number of rotatable bonds is 11. The van der Waals surface area contributed by atoms with E-state index in [-0.39, 0.29) is 17.4 Å². The molecule has 0 aliphatic carbocycles. The maximum absolute atomic E-state index is 13.5. The van der Waals surface area contributed by atoms with Crippen LogP contribution in [0.25, 0.3) is 28.7 Å². The maximum Gasteiger partial charge on any atom is 0.272 e. The van der Waals surface area contributed by atoms with Gasteiger partial charge in [0, 0.05) is 38.2 Å². The minimum Gasteiger partial charge on any atom is -0.457 e. The molecule has 0 bridgehead atoms. The molecule has 2 heterocycles. The van der Waals surface area contributed by atoms with Crippen molar-refractivity contribution in [3.8, 4) is 22.6 Å². The number of thiazole rings is 1. The SMILES string of the molecule is Cc1sc(NC(=O)CSc2ccc(NC(=O)/C(=C\c3ccc(-c4ccccc4)o3)NC(=O)c3ccccc3)cc2)nc1-c1ccccc1. The van der Waals surface area contributed by atoms with Crippen LogP contribution in [0.3, 0.4) is 0 Å². The van der Waals surface area contributed by atoms with Gasteiger partial charge in [0.25, 0.3) is 11.8 Å². The second-order valence-electron chi connectivity index (χ2n) is 10.6. The summed E-state index contributed by atoms with van der Waals surface area (Å²) in [7, 11) is 0. The molecule has 4 aromatic carbocycles. The van der Waals surface area contributed by atoms with E-state index in [0.29, 0.717) is 27.9 Å². The van der Waals surface area contributed by atoms with E-state index >= 15 is 0 Å². The van der Waals surface area contributed by atoms with Crippen LogP contribution in [-0.4, -0.2) is 28.5 Å². The maximum atomic E-state index is 13.5. The topological polar surface area (TPSA) is 113 Å². The summed E-state index contributed by atoms with van der Waals surface area (Å²) >= 11 is 2.81. The van der Waals surface area contributed by atoms with Crippen molar-refractivity contribution in [2.24, 2.45) is 0 Å². The normalized spacial score (nSPS) is 11.1. The first-order chi connectivity index (χ1) is 23.4. The molecule has 10 heteroatoms. The first-order valence-corrected chi connectivity index (χ1v) is 16.8. The number of carbonyl (C=O) groups excluding carboxylic acids is 3. The van der Waals surface area contributed by atoms with Crippen LogP contribution in [0, 0.1) is 6.92 Å². The lowest BCUT2D eigenvalue weighted by Crippen LogP contribution is -2.30. The average molecular weight is 671 g/mol. The molecular weight excluding hydrogens is 641 g/mol. The number of amides is 3. The minimum absolute atomic E-state index is 0.0146. The Bertz CT molecular complexity index is 2060. The molecule has 0 spiro atoms. The molecule has 6 rings (SSSR count). The van der Waals surface area contributed by atoms with Crippen molar-refractivity contribution in [3.05, 3.63) is 149 Å². The Hall–Kier alpha value is -5.71. The summed E-state index contributed by atoms with van der Waals surface area (Å²) in [5.74, 6) is 0.116. The van der Waals surface area contributed by atoms with Crippen molar-refractivity contribution in [1.82, 2.24) is 10.3 Å². The van der Waals surface area contributed by atoms with Gasteiger partial charge in [0.1, 0.15) is 17.2 Å². The van der Waals surface area contributed by atoms with E-state index in [4.69, 9.17) is 4.42 Å². The molecule has 0 aliphatic rings. The van der Waals surface area contributed by atoms with Crippen LogP contribution in [0.1, 0.15) is 21.0 Å². The van der Waals surface area contributed by atoms with Gasteiger partial charge in [-0.25, -0.2) is 4.98 Å². The highest BCUT2D eigenvalue weighted by Gasteiger charge is 2.17. The van der Waals surface area contributed by atoms with Gasteiger partial charge in [-0.3, -0.25) is 14.4 Å². The molecule has 0 unspecified atom stereocenters. The summed E-state index contributed by atoms with van der Waals surface area (Å²) in [6.07, 6.45) is 1.50. The number of aromatic nitrogens is 1. The van der Waals surface area contributed by atoms with Crippen LogP contribution < -0.4 is 16.0 Å². The van der Waals surface area contributed by atoms with Gasteiger partial charge in [-0.2, -0.15) is 0 Å². The van der Waals surface area contributed by atoms with E-state index in [1.165, 1.54) is 29.2 Å². The Morgan fingerprint density at radius 2 is 1.42 bits per heavy atom. The number of nitrogens with one attached hydrogen (secondary N) is 3. The third kappa shape index (κ3) is 8.35. The second-order valence-corrected chi connectivity index (χ2v) is 12.8. The molecule has 0 fully saturated rings. The third-order valence-corrected chi connectivity index (χ3v) is 8.97. The van der Waals surface area contributed by atoms with Crippen LogP contribution in [0.15, 0.2) is 142 Å². The van der Waals surface area contributed by atoms with E-state index in [0.717, 1.165) is 26.6 Å². The Kier molecular flexibility index (Phi) is 10.2. The Morgan fingerprint density at radius 1 is 0.771 bits per heavy atom. The predicted molar refractivity (Wildman–Crippen MR) is 193 cm³/mol. The summed E-state index contributed by atoms with van der Waals surface area (Å²) in [6, 6.07) is 38.8. The van der Waals surface area contributed by atoms with Crippen molar-refractivity contribution in [3.63, 3.8) is 0 Å². The van der Waals surface area contributed by atoms with Crippen molar-refractivity contribution in [1.29, 1.82) is 0 Å². The summed E-state index contributed by atoms with van der Waals surface area (Å²) in [6.45, 7) is 1.99. The number of hydrogen-bond donors (Lipinski definition) is 3. The zero-order valence-electron chi connectivity index (χ0n) is 25.8. The lowest BCUT2D eigenvalue weighted by Gasteiger charge is -2.11. The highest BCUT2D eigenvalue weighted by atomic mass is 32.2. The molecule has 0 saturated heterocycles. The van der Waals surface area contributed by atoms with Crippen LogP contribution >= 0.6 is 23.1 Å². The van der Waals surface area contributed by atoms with Gasteiger partial charge in [0.05, 0.1) is 11.4 Å². The lowest BCUT2D eigenvalue weighted by atomic mass is 10.1. The van der Waals surface area contributed by atoms with Gasteiger partial charge in [-0.1, -0.05) is 78.9 Å². The molecule has 3 N–H and O–H groups in total.